The van der Waals surface area contributed by atoms with E-state index >= 15 is 0 Å². The molecule has 6 heteroatoms. The summed E-state index contributed by atoms with van der Waals surface area (Å²) in [5.74, 6) is 0. The summed E-state index contributed by atoms with van der Waals surface area (Å²) in [6, 6.07) is 0. The Morgan fingerprint density at radius 1 is 1.39 bits per heavy atom. The van der Waals surface area contributed by atoms with Crippen molar-refractivity contribution in [3.63, 3.8) is 0 Å². The Morgan fingerprint density at radius 2 is 1.89 bits per heavy atom. The fourth-order valence-electron chi connectivity index (χ4n) is 1.91. The van der Waals surface area contributed by atoms with Crippen LogP contribution in [0.5, 0.6) is 0 Å². The van der Waals surface area contributed by atoms with Crippen LogP contribution in [0.15, 0.2) is 0 Å². The van der Waals surface area contributed by atoms with Gasteiger partial charge in [-0.1, -0.05) is 0 Å². The third kappa shape index (κ3) is 3.54. The maximum absolute atomic E-state index is 12.9. The van der Waals surface area contributed by atoms with Crippen LogP contribution in [0.4, 0.5) is 13.6 Å². The first-order chi connectivity index (χ1) is 8.20. The molecule has 1 rings (SSSR count). The highest BCUT2D eigenvalue weighted by Crippen LogP contribution is 2.37. The minimum atomic E-state index is -2.57. The molecule has 0 saturated carbocycles. The lowest BCUT2D eigenvalue weighted by atomic mass is 9.79. The summed E-state index contributed by atoms with van der Waals surface area (Å²) in [5, 5.41) is 9.11. The van der Waals surface area contributed by atoms with Crippen LogP contribution in [-0.4, -0.2) is 47.8 Å². The van der Waals surface area contributed by atoms with Crippen molar-refractivity contribution >= 4 is 6.09 Å². The van der Waals surface area contributed by atoms with Crippen molar-refractivity contribution in [3.8, 4) is 0 Å². The third-order valence-electron chi connectivity index (χ3n) is 3.19. The number of ether oxygens (including phenoxy) is 1. The molecule has 0 spiro atoms. The van der Waals surface area contributed by atoms with Crippen LogP contribution < -0.4 is 0 Å². The van der Waals surface area contributed by atoms with Crippen molar-refractivity contribution in [2.75, 3.05) is 19.7 Å². The smallest absolute Gasteiger partial charge is 0.410 e. The van der Waals surface area contributed by atoms with Crippen LogP contribution in [0.2, 0.25) is 0 Å². The van der Waals surface area contributed by atoms with Crippen LogP contribution in [0.25, 0.3) is 0 Å². The number of piperidine rings is 1. The van der Waals surface area contributed by atoms with Gasteiger partial charge in [-0.25, -0.2) is 13.6 Å². The van der Waals surface area contributed by atoms with Gasteiger partial charge in [0.25, 0.3) is 0 Å². The van der Waals surface area contributed by atoms with E-state index in [9.17, 15) is 13.6 Å². The highest BCUT2D eigenvalue weighted by molar-refractivity contribution is 5.68. The van der Waals surface area contributed by atoms with E-state index < -0.39 is 30.1 Å². The predicted octanol–water partition coefficient (Wildman–Crippen LogP) is 2.26. The maximum Gasteiger partial charge on any atom is 0.410 e. The molecule has 0 aromatic heterocycles. The van der Waals surface area contributed by atoms with Gasteiger partial charge in [-0.15, -0.1) is 0 Å². The van der Waals surface area contributed by atoms with Gasteiger partial charge in [-0.3, -0.25) is 0 Å². The monoisotopic (exact) mass is 265 g/mol. The fraction of sp³-hybridized carbons (Fsp3) is 0.917. The topological polar surface area (TPSA) is 49.8 Å². The lowest BCUT2D eigenvalue weighted by Crippen LogP contribution is -2.49. The third-order valence-corrected chi connectivity index (χ3v) is 3.19. The van der Waals surface area contributed by atoms with Crippen molar-refractivity contribution in [1.29, 1.82) is 0 Å². The van der Waals surface area contributed by atoms with E-state index in [1.165, 1.54) is 4.90 Å². The van der Waals surface area contributed by atoms with E-state index in [2.05, 4.69) is 0 Å². The van der Waals surface area contributed by atoms with Gasteiger partial charge in [0.1, 0.15) is 5.60 Å². The molecule has 1 heterocycles. The zero-order valence-electron chi connectivity index (χ0n) is 11.1. The highest BCUT2D eigenvalue weighted by Gasteiger charge is 2.43. The van der Waals surface area contributed by atoms with E-state index in [1.54, 1.807) is 20.8 Å². The molecule has 1 amide bonds. The summed E-state index contributed by atoms with van der Waals surface area (Å²) < 4.78 is 30.9. The number of amides is 1. The minimum Gasteiger partial charge on any atom is -0.444 e. The fourth-order valence-corrected chi connectivity index (χ4v) is 1.91. The van der Waals surface area contributed by atoms with Gasteiger partial charge in [-0.2, -0.15) is 0 Å². The number of alkyl halides is 2. The van der Waals surface area contributed by atoms with Crippen molar-refractivity contribution in [3.05, 3.63) is 0 Å². The van der Waals surface area contributed by atoms with Crippen molar-refractivity contribution in [2.45, 2.75) is 45.6 Å². The van der Waals surface area contributed by atoms with E-state index in [-0.39, 0.29) is 25.9 Å². The van der Waals surface area contributed by atoms with Crippen LogP contribution in [0.3, 0.4) is 0 Å². The molecule has 1 fully saturated rings. The zero-order chi connectivity index (χ0) is 14.0. The van der Waals surface area contributed by atoms with E-state index in [0.29, 0.717) is 0 Å². The van der Waals surface area contributed by atoms with Crippen molar-refractivity contribution < 1.29 is 23.4 Å². The van der Waals surface area contributed by atoms with Gasteiger partial charge in [0.2, 0.25) is 6.43 Å². The maximum atomic E-state index is 12.9. The van der Waals surface area contributed by atoms with Crippen LogP contribution in [0.1, 0.15) is 33.6 Å². The number of aliphatic hydroxyl groups is 1. The van der Waals surface area contributed by atoms with Crippen molar-refractivity contribution in [2.24, 2.45) is 5.41 Å². The number of carbonyl (C=O) groups excluding carboxylic acids is 1. The average Bonchev–Trinajstić information content (AvgIpc) is 2.26. The number of aliphatic hydroxyl groups excluding tert-OH is 1. The molecule has 0 aliphatic carbocycles. The van der Waals surface area contributed by atoms with Crippen LogP contribution in [-0.2, 0) is 4.74 Å². The van der Waals surface area contributed by atoms with Gasteiger partial charge in [0, 0.05) is 13.1 Å². The Hall–Kier alpha value is -0.910. The second-order valence-electron chi connectivity index (χ2n) is 5.79. The molecule has 18 heavy (non-hydrogen) atoms. The SMILES string of the molecule is CC(C)(C)OC(=O)N1CCC(CO)(C(F)F)CC1. The van der Waals surface area contributed by atoms with Gasteiger partial charge >= 0.3 is 6.09 Å². The molecule has 0 aromatic carbocycles. The first-order valence-corrected chi connectivity index (χ1v) is 6.07. The average molecular weight is 265 g/mol. The van der Waals surface area contributed by atoms with Gasteiger partial charge in [-0.05, 0) is 33.6 Å². The van der Waals surface area contributed by atoms with Crippen LogP contribution in [0, 0.1) is 5.41 Å². The summed E-state index contributed by atoms with van der Waals surface area (Å²) in [7, 11) is 0. The summed E-state index contributed by atoms with van der Waals surface area (Å²) >= 11 is 0. The van der Waals surface area contributed by atoms with Gasteiger partial charge < -0.3 is 14.7 Å². The number of nitrogens with zero attached hydrogens (tertiary/aromatic N) is 1. The molecule has 4 nitrogen and oxygen atoms in total. The molecule has 1 aliphatic heterocycles. The van der Waals surface area contributed by atoms with Crippen LogP contribution >= 0.6 is 0 Å². The molecule has 106 valence electrons. The molecule has 0 bridgehead atoms. The predicted molar refractivity (Wildman–Crippen MR) is 62.6 cm³/mol. The normalized spacial score (nSPS) is 20.1. The highest BCUT2D eigenvalue weighted by atomic mass is 19.3. The standard InChI is InChI=1S/C12H21F2NO3/c1-11(2,3)18-10(17)15-6-4-12(8-16,5-7-15)9(13)14/h9,16H,4-8H2,1-3H3. The molecule has 0 aromatic rings. The Balaban J connectivity index is 2.56. The van der Waals surface area contributed by atoms with Crippen molar-refractivity contribution in [1.82, 2.24) is 4.90 Å². The Labute approximate surface area is 106 Å². The molecule has 0 unspecified atom stereocenters. The Morgan fingerprint density at radius 3 is 2.22 bits per heavy atom. The summed E-state index contributed by atoms with van der Waals surface area (Å²) in [5.41, 5.74) is -1.95. The van der Waals surface area contributed by atoms with E-state index in [1.807, 2.05) is 0 Å². The second-order valence-corrected chi connectivity index (χ2v) is 5.79. The number of rotatable bonds is 2. The molecular formula is C12H21F2NO3. The summed E-state index contributed by atoms with van der Waals surface area (Å²) in [6.07, 6.45) is -2.85. The van der Waals surface area contributed by atoms with Gasteiger partial charge in [0.15, 0.2) is 0 Å². The summed E-state index contributed by atoms with van der Waals surface area (Å²) in [6.45, 7) is 5.11. The molecule has 1 aliphatic rings. The number of hydrogen-bond acceptors (Lipinski definition) is 3. The van der Waals surface area contributed by atoms with E-state index in [4.69, 9.17) is 9.84 Å². The minimum absolute atomic E-state index is 0.0976. The number of hydrogen-bond donors (Lipinski definition) is 1. The lowest BCUT2D eigenvalue weighted by Gasteiger charge is -2.40. The Kier molecular flexibility index (Phi) is 4.53. The molecule has 1 N–H and O–H groups in total. The number of carbonyl (C=O) groups is 1. The molecule has 0 atom stereocenters. The molecular weight excluding hydrogens is 244 g/mol. The van der Waals surface area contributed by atoms with E-state index in [0.717, 1.165) is 0 Å². The zero-order valence-corrected chi connectivity index (χ0v) is 11.1. The van der Waals surface area contributed by atoms with Gasteiger partial charge in [0.05, 0.1) is 12.0 Å². The first kappa shape index (κ1) is 15.1. The Bertz CT molecular complexity index is 294. The summed E-state index contributed by atoms with van der Waals surface area (Å²) in [4.78, 5) is 13.2. The lowest BCUT2D eigenvalue weighted by molar-refractivity contribution is -0.0795. The molecule has 1 saturated heterocycles. The first-order valence-electron chi connectivity index (χ1n) is 6.07. The number of likely N-dealkylation sites (tertiary alicyclic amines) is 1. The number of halogens is 2. The quantitative estimate of drug-likeness (QED) is 0.833. The largest absolute Gasteiger partial charge is 0.444 e. The second kappa shape index (κ2) is 5.38. The molecule has 0 radical (unpaired) electrons.